The molecule has 20 heavy (non-hydrogen) atoms. The molecule has 1 fully saturated rings. The Morgan fingerprint density at radius 3 is 2.80 bits per heavy atom. The molecule has 1 aromatic carbocycles. The van der Waals surface area contributed by atoms with Crippen LogP contribution in [0.15, 0.2) is 22.7 Å². The molecule has 1 aliphatic rings. The Bertz CT molecular complexity index is 684. The van der Waals surface area contributed by atoms with Crippen LogP contribution in [-0.2, 0) is 10.3 Å². The molecule has 8 heteroatoms. The largest absolute Gasteiger partial charge is 0.479 e. The molecule has 0 aliphatic heterocycles. The molecule has 0 saturated heterocycles. The molecule has 0 amide bonds. The summed E-state index contributed by atoms with van der Waals surface area (Å²) >= 11 is 9.54. The average molecular weight is 358 g/mol. The third kappa shape index (κ3) is 1.92. The first-order valence-corrected chi connectivity index (χ1v) is 7.19. The highest BCUT2D eigenvalue weighted by atomic mass is 79.9. The monoisotopic (exact) mass is 356 g/mol. The van der Waals surface area contributed by atoms with Crippen LogP contribution in [0.5, 0.6) is 0 Å². The van der Waals surface area contributed by atoms with Gasteiger partial charge in [0.1, 0.15) is 0 Å². The van der Waals surface area contributed by atoms with Gasteiger partial charge in [-0.05, 0) is 47.9 Å². The quantitative estimate of drug-likeness (QED) is 0.913. The third-order valence-electron chi connectivity index (χ3n) is 3.62. The number of carboxylic acids is 1. The van der Waals surface area contributed by atoms with Gasteiger partial charge < -0.3 is 5.11 Å². The second kappa shape index (κ2) is 4.82. The van der Waals surface area contributed by atoms with Crippen LogP contribution in [0, 0.1) is 0 Å². The van der Waals surface area contributed by atoms with Crippen molar-refractivity contribution in [2.45, 2.75) is 24.8 Å². The van der Waals surface area contributed by atoms with Gasteiger partial charge in [-0.25, -0.2) is 9.48 Å². The van der Waals surface area contributed by atoms with Crippen molar-refractivity contribution < 1.29 is 9.90 Å². The summed E-state index contributed by atoms with van der Waals surface area (Å²) < 4.78 is 2.20. The smallest absolute Gasteiger partial charge is 0.331 e. The zero-order chi connectivity index (χ0) is 14.3. The topological polar surface area (TPSA) is 80.9 Å². The van der Waals surface area contributed by atoms with Crippen LogP contribution in [0.3, 0.4) is 0 Å². The number of rotatable bonds is 3. The van der Waals surface area contributed by atoms with E-state index in [2.05, 4.69) is 31.5 Å². The molecule has 0 radical (unpaired) electrons. The SMILES string of the molecule is O=C(O)C1(n2nnnc2-c2cc(Br)ccc2Cl)CCC1. The highest BCUT2D eigenvalue weighted by Gasteiger charge is 2.49. The summed E-state index contributed by atoms with van der Waals surface area (Å²) in [6.07, 6.45) is 1.88. The molecule has 0 bridgehead atoms. The Morgan fingerprint density at radius 2 is 2.20 bits per heavy atom. The maximum Gasteiger partial charge on any atom is 0.331 e. The molecule has 1 heterocycles. The fourth-order valence-electron chi connectivity index (χ4n) is 2.34. The number of benzene rings is 1. The molecular weight excluding hydrogens is 348 g/mol. The number of carboxylic acid groups (broad SMARTS) is 1. The predicted molar refractivity (Wildman–Crippen MR) is 75.4 cm³/mol. The Balaban J connectivity index is 2.16. The summed E-state index contributed by atoms with van der Waals surface area (Å²) in [6.45, 7) is 0. The second-order valence-corrected chi connectivity index (χ2v) is 6.05. The molecule has 104 valence electrons. The number of hydrogen-bond donors (Lipinski definition) is 1. The minimum atomic E-state index is -1.05. The molecule has 1 aromatic heterocycles. The molecule has 1 aliphatic carbocycles. The van der Waals surface area contributed by atoms with Crippen LogP contribution in [0.4, 0.5) is 0 Å². The van der Waals surface area contributed by atoms with Gasteiger partial charge >= 0.3 is 5.97 Å². The molecule has 1 N–H and O–H groups in total. The van der Waals surface area contributed by atoms with E-state index in [0.717, 1.165) is 10.9 Å². The molecule has 6 nitrogen and oxygen atoms in total. The number of hydrogen-bond acceptors (Lipinski definition) is 4. The first kappa shape index (κ1) is 13.5. The zero-order valence-corrected chi connectivity index (χ0v) is 12.6. The Kier molecular flexibility index (Phi) is 3.25. The van der Waals surface area contributed by atoms with Crippen molar-refractivity contribution in [2.75, 3.05) is 0 Å². The maximum absolute atomic E-state index is 11.6. The van der Waals surface area contributed by atoms with E-state index in [9.17, 15) is 9.90 Å². The average Bonchev–Trinajstić information content (AvgIpc) is 2.80. The summed E-state index contributed by atoms with van der Waals surface area (Å²) in [4.78, 5) is 11.6. The molecule has 0 atom stereocenters. The number of halogens is 2. The van der Waals surface area contributed by atoms with Gasteiger partial charge in [0, 0.05) is 10.0 Å². The Labute approximate surface area is 127 Å². The minimum Gasteiger partial charge on any atom is -0.479 e. The van der Waals surface area contributed by atoms with Gasteiger partial charge in [0.25, 0.3) is 0 Å². The van der Waals surface area contributed by atoms with E-state index in [1.807, 2.05) is 0 Å². The summed E-state index contributed by atoms with van der Waals surface area (Å²) in [7, 11) is 0. The highest BCUT2D eigenvalue weighted by molar-refractivity contribution is 9.10. The van der Waals surface area contributed by atoms with E-state index in [-0.39, 0.29) is 0 Å². The van der Waals surface area contributed by atoms with Crippen molar-refractivity contribution >= 4 is 33.5 Å². The Morgan fingerprint density at radius 1 is 1.45 bits per heavy atom. The fraction of sp³-hybridized carbons (Fsp3) is 0.333. The minimum absolute atomic E-state index is 0.374. The van der Waals surface area contributed by atoms with Crippen LogP contribution >= 0.6 is 27.5 Å². The van der Waals surface area contributed by atoms with Gasteiger partial charge in [0.15, 0.2) is 11.4 Å². The van der Waals surface area contributed by atoms with E-state index in [4.69, 9.17) is 11.6 Å². The number of aromatic nitrogens is 4. The number of aliphatic carboxylic acids is 1. The van der Waals surface area contributed by atoms with Crippen LogP contribution in [0.1, 0.15) is 19.3 Å². The molecular formula is C12H10BrClN4O2. The van der Waals surface area contributed by atoms with Crippen LogP contribution < -0.4 is 0 Å². The van der Waals surface area contributed by atoms with Gasteiger partial charge in [0.05, 0.1) is 5.02 Å². The lowest BCUT2D eigenvalue weighted by atomic mass is 9.76. The van der Waals surface area contributed by atoms with Crippen molar-refractivity contribution in [3.63, 3.8) is 0 Å². The maximum atomic E-state index is 11.6. The van der Waals surface area contributed by atoms with Gasteiger partial charge in [-0.3, -0.25) is 0 Å². The summed E-state index contributed by atoms with van der Waals surface area (Å²) in [5, 5.41) is 21.4. The molecule has 0 unspecified atom stereocenters. The molecule has 3 rings (SSSR count). The lowest BCUT2D eigenvalue weighted by Crippen LogP contribution is -2.48. The lowest BCUT2D eigenvalue weighted by Gasteiger charge is -2.37. The van der Waals surface area contributed by atoms with Crippen LogP contribution in [0.25, 0.3) is 11.4 Å². The number of nitrogens with zero attached hydrogens (tertiary/aromatic N) is 4. The normalized spacial score (nSPS) is 16.7. The Hall–Kier alpha value is -1.47. The van der Waals surface area contributed by atoms with Gasteiger partial charge in [-0.2, -0.15) is 0 Å². The summed E-state index contributed by atoms with van der Waals surface area (Å²) in [5.74, 6) is -0.540. The summed E-state index contributed by atoms with van der Waals surface area (Å²) in [6, 6.07) is 5.29. The molecule has 2 aromatic rings. The van der Waals surface area contributed by atoms with Gasteiger partial charge in [-0.1, -0.05) is 27.5 Å². The number of carbonyl (C=O) groups is 1. The van der Waals surface area contributed by atoms with Crippen molar-refractivity contribution in [2.24, 2.45) is 0 Å². The second-order valence-electron chi connectivity index (χ2n) is 4.73. The molecule has 1 saturated carbocycles. The third-order valence-corrected chi connectivity index (χ3v) is 4.45. The van der Waals surface area contributed by atoms with Gasteiger partial charge in [-0.15, -0.1) is 5.10 Å². The first-order chi connectivity index (χ1) is 9.54. The first-order valence-electron chi connectivity index (χ1n) is 6.02. The zero-order valence-electron chi connectivity index (χ0n) is 10.3. The van der Waals surface area contributed by atoms with E-state index >= 15 is 0 Å². The van der Waals surface area contributed by atoms with Crippen LogP contribution in [-0.4, -0.2) is 31.3 Å². The van der Waals surface area contributed by atoms with Gasteiger partial charge in [0.2, 0.25) is 0 Å². The molecule has 0 spiro atoms. The van der Waals surface area contributed by atoms with Crippen molar-refractivity contribution in [3.8, 4) is 11.4 Å². The van der Waals surface area contributed by atoms with E-state index < -0.39 is 11.5 Å². The standard InChI is InChI=1S/C12H10BrClN4O2/c13-7-2-3-9(14)8(6-7)10-15-16-17-18(10)12(11(19)20)4-1-5-12/h2-3,6H,1,4-5H2,(H,19,20). The number of tetrazole rings is 1. The fourth-order valence-corrected chi connectivity index (χ4v) is 2.90. The van der Waals surface area contributed by atoms with E-state index in [0.29, 0.717) is 29.3 Å². The summed E-state index contributed by atoms with van der Waals surface area (Å²) in [5.41, 5.74) is -0.441. The predicted octanol–water partition coefficient (Wildman–Crippen LogP) is 2.72. The van der Waals surface area contributed by atoms with Crippen molar-refractivity contribution in [1.82, 2.24) is 20.2 Å². The van der Waals surface area contributed by atoms with E-state index in [1.54, 1.807) is 18.2 Å². The van der Waals surface area contributed by atoms with E-state index in [1.165, 1.54) is 4.68 Å². The van der Waals surface area contributed by atoms with Crippen LogP contribution in [0.2, 0.25) is 5.02 Å². The lowest BCUT2D eigenvalue weighted by molar-refractivity contribution is -0.153. The van der Waals surface area contributed by atoms with Crippen molar-refractivity contribution in [1.29, 1.82) is 0 Å². The van der Waals surface area contributed by atoms with Crippen molar-refractivity contribution in [3.05, 3.63) is 27.7 Å². The highest BCUT2D eigenvalue weighted by Crippen LogP contribution is 2.41.